The maximum absolute atomic E-state index is 12.1. The summed E-state index contributed by atoms with van der Waals surface area (Å²) >= 11 is 11.8. The molecule has 4 nitrogen and oxygen atoms in total. The largest absolute Gasteiger partial charge is 0.383 e. The third-order valence-electron chi connectivity index (χ3n) is 2.76. The van der Waals surface area contributed by atoms with E-state index in [-0.39, 0.29) is 11.5 Å². The van der Waals surface area contributed by atoms with Crippen LogP contribution >= 0.6 is 23.2 Å². The van der Waals surface area contributed by atoms with E-state index in [9.17, 15) is 13.2 Å². The molecule has 0 aliphatic rings. The van der Waals surface area contributed by atoms with Gasteiger partial charge in [0.1, 0.15) is 5.75 Å². The van der Waals surface area contributed by atoms with Crippen LogP contribution < -0.4 is 4.18 Å². The van der Waals surface area contributed by atoms with Gasteiger partial charge in [-0.15, -0.1) is 0 Å². The van der Waals surface area contributed by atoms with Gasteiger partial charge in [0.25, 0.3) is 0 Å². The number of allylic oxidation sites excluding steroid dienone is 1. The molecule has 2 aromatic carbocycles. The lowest BCUT2D eigenvalue weighted by atomic mass is 10.1. The summed E-state index contributed by atoms with van der Waals surface area (Å²) in [7, 11) is -3.59. The highest BCUT2D eigenvalue weighted by Crippen LogP contribution is 2.22. The first-order valence-corrected chi connectivity index (χ1v) is 8.99. The number of rotatable bonds is 5. The summed E-state index contributed by atoms with van der Waals surface area (Å²) in [6, 6.07) is 10.8. The predicted molar refractivity (Wildman–Crippen MR) is 91.7 cm³/mol. The molecule has 2 rings (SSSR count). The minimum absolute atomic E-state index is 0.147. The fraction of sp³-hybridized carbons (Fsp3) is 0.0625. The van der Waals surface area contributed by atoms with Crippen molar-refractivity contribution in [3.63, 3.8) is 0 Å². The minimum atomic E-state index is -3.59. The van der Waals surface area contributed by atoms with Gasteiger partial charge in [-0.25, -0.2) is 0 Å². The Morgan fingerprint density at radius 1 is 1.09 bits per heavy atom. The number of halogens is 2. The van der Waals surface area contributed by atoms with Crippen molar-refractivity contribution in [1.82, 2.24) is 0 Å². The lowest BCUT2D eigenvalue weighted by Crippen LogP contribution is -2.05. The molecular formula is C16H12Cl2O4S. The summed E-state index contributed by atoms with van der Waals surface area (Å²) in [5, 5.41) is 0.957. The number of carbonyl (C=O) groups excluding carboxylic acids is 1. The summed E-state index contributed by atoms with van der Waals surface area (Å²) < 4.78 is 26.7. The van der Waals surface area contributed by atoms with Gasteiger partial charge in [0.05, 0.1) is 6.26 Å². The van der Waals surface area contributed by atoms with Crippen LogP contribution in [0.2, 0.25) is 10.0 Å². The average molecular weight is 371 g/mol. The van der Waals surface area contributed by atoms with Crippen LogP contribution in [-0.2, 0) is 10.1 Å². The summed E-state index contributed by atoms with van der Waals surface area (Å²) in [4.78, 5) is 12.1. The number of carbonyl (C=O) groups is 1. The van der Waals surface area contributed by atoms with E-state index < -0.39 is 10.1 Å². The van der Waals surface area contributed by atoms with Crippen LogP contribution in [0.25, 0.3) is 6.08 Å². The predicted octanol–water partition coefficient (Wildman–Crippen LogP) is 4.23. The number of benzene rings is 2. The van der Waals surface area contributed by atoms with Gasteiger partial charge in [0, 0.05) is 15.6 Å². The van der Waals surface area contributed by atoms with Crippen molar-refractivity contribution in [3.05, 3.63) is 69.7 Å². The monoisotopic (exact) mass is 370 g/mol. The Labute approximate surface area is 144 Å². The van der Waals surface area contributed by atoms with Gasteiger partial charge in [-0.3, -0.25) is 4.79 Å². The van der Waals surface area contributed by atoms with Gasteiger partial charge in [0.2, 0.25) is 0 Å². The van der Waals surface area contributed by atoms with Crippen molar-refractivity contribution < 1.29 is 17.4 Å². The Hall–Kier alpha value is -1.82. The Morgan fingerprint density at radius 2 is 1.74 bits per heavy atom. The van der Waals surface area contributed by atoms with E-state index in [1.54, 1.807) is 24.3 Å². The van der Waals surface area contributed by atoms with Crippen LogP contribution in [0.15, 0.2) is 48.5 Å². The first-order chi connectivity index (χ1) is 10.7. The molecule has 0 fully saturated rings. The van der Waals surface area contributed by atoms with Gasteiger partial charge < -0.3 is 4.18 Å². The molecule has 0 heterocycles. The van der Waals surface area contributed by atoms with Crippen LogP contribution in [0.1, 0.15) is 15.9 Å². The SMILES string of the molecule is CS(=O)(=O)Oc1ccc(C(=O)/C=C/c2ccc(Cl)cc2Cl)cc1. The normalized spacial score (nSPS) is 11.6. The fourth-order valence-electron chi connectivity index (χ4n) is 1.75. The molecule has 0 aliphatic heterocycles. The maximum atomic E-state index is 12.1. The molecule has 0 bridgehead atoms. The smallest absolute Gasteiger partial charge is 0.306 e. The van der Waals surface area contributed by atoms with E-state index in [0.717, 1.165) is 6.26 Å². The molecule has 7 heteroatoms. The second kappa shape index (κ2) is 7.17. The van der Waals surface area contributed by atoms with E-state index in [4.69, 9.17) is 27.4 Å². The quantitative estimate of drug-likeness (QED) is 0.448. The number of hydrogen-bond donors (Lipinski definition) is 0. The van der Waals surface area contributed by atoms with Crippen molar-refractivity contribution in [1.29, 1.82) is 0 Å². The number of hydrogen-bond acceptors (Lipinski definition) is 4. The molecule has 0 N–H and O–H groups in total. The van der Waals surface area contributed by atoms with Gasteiger partial charge in [0.15, 0.2) is 5.78 Å². The standard InChI is InChI=1S/C16H12Cl2O4S/c1-23(20,21)22-14-7-3-12(4-8-14)16(19)9-5-11-2-6-13(17)10-15(11)18/h2-10H,1H3/b9-5+. The van der Waals surface area contributed by atoms with Crippen LogP contribution in [0.3, 0.4) is 0 Å². The zero-order valence-corrected chi connectivity index (χ0v) is 14.3. The Bertz CT molecular complexity index is 856. The van der Waals surface area contributed by atoms with E-state index in [1.165, 1.54) is 30.3 Å². The Kier molecular flexibility index (Phi) is 5.46. The van der Waals surface area contributed by atoms with Gasteiger partial charge in [-0.1, -0.05) is 29.3 Å². The summed E-state index contributed by atoms with van der Waals surface area (Å²) in [6.07, 6.45) is 3.91. The maximum Gasteiger partial charge on any atom is 0.306 e. The first-order valence-electron chi connectivity index (χ1n) is 6.41. The molecule has 0 saturated heterocycles. The summed E-state index contributed by atoms with van der Waals surface area (Å²) in [6.45, 7) is 0. The van der Waals surface area contributed by atoms with Gasteiger partial charge >= 0.3 is 10.1 Å². The minimum Gasteiger partial charge on any atom is -0.383 e. The molecule has 120 valence electrons. The van der Waals surface area contributed by atoms with Gasteiger partial charge in [-0.05, 0) is 54.1 Å². The highest BCUT2D eigenvalue weighted by molar-refractivity contribution is 7.86. The van der Waals surface area contributed by atoms with Crippen molar-refractivity contribution in [2.24, 2.45) is 0 Å². The van der Waals surface area contributed by atoms with Crippen LogP contribution in [0.4, 0.5) is 0 Å². The van der Waals surface area contributed by atoms with Gasteiger partial charge in [-0.2, -0.15) is 8.42 Å². The van der Waals surface area contributed by atoms with E-state index in [0.29, 0.717) is 21.2 Å². The lowest BCUT2D eigenvalue weighted by molar-refractivity contribution is 0.104. The zero-order valence-electron chi connectivity index (χ0n) is 12.0. The van der Waals surface area contributed by atoms with Crippen LogP contribution in [0, 0.1) is 0 Å². The summed E-state index contributed by atoms with van der Waals surface area (Å²) in [5.74, 6) is -0.101. The second-order valence-corrected chi connectivity index (χ2v) is 7.09. The molecular weight excluding hydrogens is 359 g/mol. The van der Waals surface area contributed by atoms with Crippen LogP contribution in [0.5, 0.6) is 5.75 Å². The Morgan fingerprint density at radius 3 is 2.30 bits per heavy atom. The van der Waals surface area contributed by atoms with Crippen LogP contribution in [-0.4, -0.2) is 20.5 Å². The van der Waals surface area contributed by atoms with Crippen molar-refractivity contribution in [2.45, 2.75) is 0 Å². The highest BCUT2D eigenvalue weighted by atomic mass is 35.5. The Balaban J connectivity index is 2.13. The zero-order chi connectivity index (χ0) is 17.0. The molecule has 0 aliphatic carbocycles. The third-order valence-corrected chi connectivity index (χ3v) is 3.82. The summed E-state index contributed by atoms with van der Waals surface area (Å²) in [5.41, 5.74) is 1.06. The van der Waals surface area contributed by atoms with E-state index >= 15 is 0 Å². The fourth-order valence-corrected chi connectivity index (χ4v) is 2.68. The molecule has 0 radical (unpaired) electrons. The molecule has 0 aromatic heterocycles. The number of ketones is 1. The molecule has 0 atom stereocenters. The molecule has 0 saturated carbocycles. The highest BCUT2D eigenvalue weighted by Gasteiger charge is 2.07. The molecule has 0 unspecified atom stereocenters. The topological polar surface area (TPSA) is 60.4 Å². The third kappa shape index (κ3) is 5.39. The first kappa shape index (κ1) is 17.5. The lowest BCUT2D eigenvalue weighted by Gasteiger charge is -2.03. The molecule has 23 heavy (non-hydrogen) atoms. The molecule has 2 aromatic rings. The second-order valence-electron chi connectivity index (χ2n) is 4.68. The van der Waals surface area contributed by atoms with E-state index in [2.05, 4.69) is 0 Å². The van der Waals surface area contributed by atoms with Crippen molar-refractivity contribution >= 4 is 45.2 Å². The average Bonchev–Trinajstić information content (AvgIpc) is 2.45. The van der Waals surface area contributed by atoms with Crippen molar-refractivity contribution in [3.8, 4) is 5.75 Å². The van der Waals surface area contributed by atoms with Crippen molar-refractivity contribution in [2.75, 3.05) is 6.26 Å². The molecule has 0 spiro atoms. The van der Waals surface area contributed by atoms with E-state index in [1.807, 2.05) is 0 Å². The molecule has 0 amide bonds.